The van der Waals surface area contributed by atoms with E-state index in [1.807, 2.05) is 18.2 Å². The Balaban J connectivity index is 1.58. The number of benzene rings is 3. The predicted octanol–water partition coefficient (Wildman–Crippen LogP) is 5.45. The van der Waals surface area contributed by atoms with Gasteiger partial charge in [0, 0.05) is 34.8 Å². The maximum Gasteiger partial charge on any atom is 0.328 e. The van der Waals surface area contributed by atoms with Crippen molar-refractivity contribution < 1.29 is 24.2 Å². The topological polar surface area (TPSA) is 95.9 Å². The van der Waals surface area contributed by atoms with Gasteiger partial charge in [0.05, 0.1) is 22.7 Å². The summed E-state index contributed by atoms with van der Waals surface area (Å²) < 4.78 is 5.78. The number of rotatable bonds is 4. The van der Waals surface area contributed by atoms with E-state index in [-0.39, 0.29) is 34.1 Å². The number of amides is 2. The number of anilines is 1. The molecular formula is C25H19BrCl2N2O5. The average molecular weight is 578 g/mol. The number of nitrogens with zero attached hydrogens (tertiary/aromatic N) is 1. The minimum Gasteiger partial charge on any atom is -0.507 e. The Kier molecular flexibility index (Phi) is 7.35. The summed E-state index contributed by atoms with van der Waals surface area (Å²) in [5.41, 5.74) is 2.37. The van der Waals surface area contributed by atoms with E-state index >= 15 is 0 Å². The zero-order valence-electron chi connectivity index (χ0n) is 18.3. The molecule has 0 aromatic heterocycles. The Morgan fingerprint density at radius 1 is 1.03 bits per heavy atom. The van der Waals surface area contributed by atoms with Crippen molar-refractivity contribution in [2.75, 3.05) is 12.4 Å². The third kappa shape index (κ3) is 5.29. The van der Waals surface area contributed by atoms with Gasteiger partial charge >= 0.3 is 5.97 Å². The molecule has 10 heteroatoms. The van der Waals surface area contributed by atoms with E-state index in [1.165, 1.54) is 48.4 Å². The van der Waals surface area contributed by atoms with Gasteiger partial charge in [0.25, 0.3) is 11.8 Å². The number of ether oxygens (including phenoxy) is 1. The van der Waals surface area contributed by atoms with Gasteiger partial charge in [0.1, 0.15) is 11.8 Å². The standard InChI is InChI=1S/C25H19BrCl2N2O5/c1-35-25(34)21-10-13-2-4-16(26)8-15(13)12-30(21)24(33)18-6-5-17(11-22(18)31)29-23(32)14-3-7-19(27)20(28)9-14/h2-9,11,21,31H,10,12H2,1H3,(H,29,32). The number of carbonyl (C=O) groups is 3. The maximum absolute atomic E-state index is 13.4. The van der Waals surface area contributed by atoms with Gasteiger partial charge in [-0.1, -0.05) is 45.2 Å². The molecule has 0 saturated heterocycles. The molecule has 35 heavy (non-hydrogen) atoms. The third-order valence-electron chi connectivity index (χ3n) is 5.70. The highest BCUT2D eigenvalue weighted by Gasteiger charge is 2.36. The quantitative estimate of drug-likeness (QED) is 0.402. The molecule has 4 rings (SSSR count). The predicted molar refractivity (Wildman–Crippen MR) is 136 cm³/mol. The van der Waals surface area contributed by atoms with Crippen molar-refractivity contribution in [2.24, 2.45) is 0 Å². The summed E-state index contributed by atoms with van der Waals surface area (Å²) in [4.78, 5) is 39.8. The van der Waals surface area contributed by atoms with Crippen LogP contribution in [0.5, 0.6) is 5.75 Å². The molecule has 1 unspecified atom stereocenters. The van der Waals surface area contributed by atoms with E-state index in [0.29, 0.717) is 11.4 Å². The van der Waals surface area contributed by atoms with Gasteiger partial charge in [-0.05, 0) is 53.6 Å². The molecule has 1 heterocycles. The third-order valence-corrected chi connectivity index (χ3v) is 6.93. The van der Waals surface area contributed by atoms with Gasteiger partial charge in [-0.3, -0.25) is 9.59 Å². The van der Waals surface area contributed by atoms with Crippen LogP contribution in [0.25, 0.3) is 0 Å². The van der Waals surface area contributed by atoms with Crippen LogP contribution in [0, 0.1) is 0 Å². The van der Waals surface area contributed by atoms with E-state index < -0.39 is 23.8 Å². The number of methoxy groups -OCH3 is 1. The second-order valence-electron chi connectivity index (χ2n) is 7.90. The van der Waals surface area contributed by atoms with E-state index in [2.05, 4.69) is 21.2 Å². The first-order valence-corrected chi connectivity index (χ1v) is 12.0. The molecule has 180 valence electrons. The zero-order chi connectivity index (χ0) is 25.3. The molecule has 1 aliphatic heterocycles. The molecule has 0 saturated carbocycles. The van der Waals surface area contributed by atoms with Crippen LogP contribution in [0.15, 0.2) is 59.1 Å². The molecular weight excluding hydrogens is 559 g/mol. The lowest BCUT2D eigenvalue weighted by Crippen LogP contribution is -2.49. The van der Waals surface area contributed by atoms with Crippen molar-refractivity contribution in [1.29, 1.82) is 0 Å². The lowest BCUT2D eigenvalue weighted by Gasteiger charge is -2.35. The SMILES string of the molecule is COC(=O)C1Cc2ccc(Br)cc2CN1C(=O)c1ccc(NC(=O)c2ccc(Cl)c(Cl)c2)cc1O. The van der Waals surface area contributed by atoms with Crippen molar-refractivity contribution in [1.82, 2.24) is 4.90 Å². The number of halogens is 3. The number of esters is 1. The van der Waals surface area contributed by atoms with E-state index in [4.69, 9.17) is 27.9 Å². The summed E-state index contributed by atoms with van der Waals surface area (Å²) in [5, 5.41) is 13.8. The summed E-state index contributed by atoms with van der Waals surface area (Å²) in [6.45, 7) is 0.169. The second kappa shape index (κ2) is 10.3. The molecule has 1 atom stereocenters. The Morgan fingerprint density at radius 3 is 2.49 bits per heavy atom. The van der Waals surface area contributed by atoms with Crippen LogP contribution in [0.1, 0.15) is 31.8 Å². The Morgan fingerprint density at radius 2 is 1.80 bits per heavy atom. The largest absolute Gasteiger partial charge is 0.507 e. The van der Waals surface area contributed by atoms with Gasteiger partial charge in [0.15, 0.2) is 0 Å². The van der Waals surface area contributed by atoms with Crippen LogP contribution in [0.3, 0.4) is 0 Å². The highest BCUT2D eigenvalue weighted by Crippen LogP contribution is 2.31. The Bertz CT molecular complexity index is 1350. The first-order valence-electron chi connectivity index (χ1n) is 10.4. The average Bonchev–Trinajstić information content (AvgIpc) is 2.84. The fourth-order valence-electron chi connectivity index (χ4n) is 3.90. The number of phenolic OH excluding ortho intramolecular Hbond substituents is 1. The molecule has 0 bridgehead atoms. The molecule has 7 nitrogen and oxygen atoms in total. The van der Waals surface area contributed by atoms with Crippen LogP contribution < -0.4 is 5.32 Å². The molecule has 0 fully saturated rings. The van der Waals surface area contributed by atoms with Crippen LogP contribution >= 0.6 is 39.1 Å². The van der Waals surface area contributed by atoms with Crippen molar-refractivity contribution in [3.05, 3.63) is 91.4 Å². The van der Waals surface area contributed by atoms with Crippen LogP contribution in [-0.4, -0.2) is 40.9 Å². The first kappa shape index (κ1) is 25.0. The maximum atomic E-state index is 13.4. The van der Waals surface area contributed by atoms with Crippen molar-refractivity contribution in [3.63, 3.8) is 0 Å². The number of nitrogens with one attached hydrogen (secondary N) is 1. The molecule has 0 radical (unpaired) electrons. The summed E-state index contributed by atoms with van der Waals surface area (Å²) in [7, 11) is 1.27. The smallest absolute Gasteiger partial charge is 0.328 e. The summed E-state index contributed by atoms with van der Waals surface area (Å²) >= 11 is 15.3. The minimum absolute atomic E-state index is 0.00936. The van der Waals surface area contributed by atoms with E-state index in [0.717, 1.165) is 15.6 Å². The van der Waals surface area contributed by atoms with Crippen molar-refractivity contribution >= 4 is 62.6 Å². The lowest BCUT2D eigenvalue weighted by atomic mass is 9.93. The molecule has 0 aliphatic carbocycles. The number of hydrogen-bond donors (Lipinski definition) is 2. The van der Waals surface area contributed by atoms with Gasteiger partial charge in [-0.2, -0.15) is 0 Å². The van der Waals surface area contributed by atoms with Gasteiger partial charge in [-0.15, -0.1) is 0 Å². The van der Waals surface area contributed by atoms with Crippen molar-refractivity contribution in [2.45, 2.75) is 19.0 Å². The summed E-state index contributed by atoms with van der Waals surface area (Å²) in [5.74, 6) is -1.89. The first-order chi connectivity index (χ1) is 16.7. The lowest BCUT2D eigenvalue weighted by molar-refractivity contribution is -0.146. The summed E-state index contributed by atoms with van der Waals surface area (Å²) in [6.07, 6.45) is 0.291. The Labute approximate surface area is 219 Å². The molecule has 3 aromatic carbocycles. The number of hydrogen-bond acceptors (Lipinski definition) is 5. The zero-order valence-corrected chi connectivity index (χ0v) is 21.4. The molecule has 2 N–H and O–H groups in total. The van der Waals surface area contributed by atoms with Gasteiger partial charge in [-0.25, -0.2) is 4.79 Å². The normalized spacial score (nSPS) is 14.7. The van der Waals surface area contributed by atoms with Crippen LogP contribution in [0.4, 0.5) is 5.69 Å². The van der Waals surface area contributed by atoms with E-state index in [1.54, 1.807) is 0 Å². The number of phenols is 1. The van der Waals surface area contributed by atoms with E-state index in [9.17, 15) is 19.5 Å². The molecule has 2 amide bonds. The molecule has 3 aromatic rings. The summed E-state index contributed by atoms with van der Waals surface area (Å²) in [6, 6.07) is 13.4. The monoisotopic (exact) mass is 576 g/mol. The second-order valence-corrected chi connectivity index (χ2v) is 9.63. The van der Waals surface area contributed by atoms with Gasteiger partial charge in [0.2, 0.25) is 0 Å². The molecule has 1 aliphatic rings. The minimum atomic E-state index is -0.838. The fourth-order valence-corrected chi connectivity index (χ4v) is 4.61. The fraction of sp³-hybridized carbons (Fsp3) is 0.160. The highest BCUT2D eigenvalue weighted by molar-refractivity contribution is 9.10. The number of fused-ring (bicyclic) bond motifs is 1. The Hall–Kier alpha value is -3.07. The number of carbonyl (C=O) groups excluding carboxylic acids is 3. The van der Waals surface area contributed by atoms with Crippen LogP contribution in [0.2, 0.25) is 10.0 Å². The molecule has 0 spiro atoms. The van der Waals surface area contributed by atoms with Crippen molar-refractivity contribution in [3.8, 4) is 5.75 Å². The van der Waals surface area contributed by atoms with Gasteiger partial charge < -0.3 is 20.1 Å². The van der Waals surface area contributed by atoms with Crippen LogP contribution in [-0.2, 0) is 22.5 Å². The highest BCUT2D eigenvalue weighted by atomic mass is 79.9. The number of aromatic hydroxyl groups is 1.